The molecule has 2 aromatic rings. The lowest BCUT2D eigenvalue weighted by atomic mass is 10.1. The first-order valence-electron chi connectivity index (χ1n) is 6.07. The van der Waals surface area contributed by atoms with E-state index in [1.165, 1.54) is 0 Å². The first kappa shape index (κ1) is 12.6. The SMILES string of the molecule is CCCc1cc(CN)cc(Oc2cnn(C)c2)n1. The topological polar surface area (TPSA) is 66.0 Å². The van der Waals surface area contributed by atoms with Gasteiger partial charge in [-0.1, -0.05) is 13.3 Å². The van der Waals surface area contributed by atoms with E-state index in [1.54, 1.807) is 17.1 Å². The molecule has 0 radical (unpaired) electrons. The van der Waals surface area contributed by atoms with Crippen molar-refractivity contribution in [2.45, 2.75) is 26.3 Å². The van der Waals surface area contributed by atoms with E-state index in [9.17, 15) is 0 Å². The van der Waals surface area contributed by atoms with Gasteiger partial charge in [-0.15, -0.1) is 0 Å². The number of nitrogens with zero attached hydrogens (tertiary/aromatic N) is 3. The Morgan fingerprint density at radius 3 is 2.83 bits per heavy atom. The zero-order valence-electron chi connectivity index (χ0n) is 10.8. The molecular formula is C13H18N4O. The Morgan fingerprint density at radius 2 is 2.22 bits per heavy atom. The minimum atomic E-state index is 0.489. The average Bonchev–Trinajstić information content (AvgIpc) is 2.75. The molecule has 0 bridgehead atoms. The molecule has 0 spiro atoms. The lowest BCUT2D eigenvalue weighted by Crippen LogP contribution is -2.01. The number of nitrogens with two attached hydrogens (primary N) is 1. The maximum Gasteiger partial charge on any atom is 0.219 e. The van der Waals surface area contributed by atoms with Crippen molar-refractivity contribution in [2.75, 3.05) is 0 Å². The molecule has 0 unspecified atom stereocenters. The summed E-state index contributed by atoms with van der Waals surface area (Å²) in [5.74, 6) is 1.26. The van der Waals surface area contributed by atoms with Gasteiger partial charge in [-0.05, 0) is 18.1 Å². The summed E-state index contributed by atoms with van der Waals surface area (Å²) in [5, 5.41) is 4.05. The molecule has 0 aliphatic heterocycles. The minimum absolute atomic E-state index is 0.489. The van der Waals surface area contributed by atoms with E-state index in [0.29, 0.717) is 18.2 Å². The Bertz CT molecular complexity index is 521. The Balaban J connectivity index is 2.23. The van der Waals surface area contributed by atoms with Gasteiger partial charge in [0.1, 0.15) is 0 Å². The third-order valence-corrected chi connectivity index (χ3v) is 2.56. The molecule has 0 aromatic carbocycles. The molecule has 0 atom stereocenters. The van der Waals surface area contributed by atoms with Gasteiger partial charge in [-0.25, -0.2) is 4.98 Å². The van der Waals surface area contributed by atoms with Crippen molar-refractivity contribution >= 4 is 0 Å². The molecule has 5 nitrogen and oxygen atoms in total. The summed E-state index contributed by atoms with van der Waals surface area (Å²) in [5.41, 5.74) is 7.73. The molecule has 2 N–H and O–H groups in total. The van der Waals surface area contributed by atoms with Gasteiger partial charge < -0.3 is 10.5 Å². The number of rotatable bonds is 5. The number of aryl methyl sites for hydroxylation is 2. The van der Waals surface area contributed by atoms with E-state index in [-0.39, 0.29) is 0 Å². The summed E-state index contributed by atoms with van der Waals surface area (Å²) >= 11 is 0. The van der Waals surface area contributed by atoms with Crippen LogP contribution in [0.2, 0.25) is 0 Å². The fraction of sp³-hybridized carbons (Fsp3) is 0.385. The third kappa shape index (κ3) is 3.07. The Hall–Kier alpha value is -1.88. The summed E-state index contributed by atoms with van der Waals surface area (Å²) in [6, 6.07) is 3.89. The largest absolute Gasteiger partial charge is 0.436 e. The van der Waals surface area contributed by atoms with Gasteiger partial charge >= 0.3 is 0 Å². The average molecular weight is 246 g/mol. The normalized spacial score (nSPS) is 10.6. The summed E-state index contributed by atoms with van der Waals surface area (Å²) in [6.45, 7) is 2.61. The van der Waals surface area contributed by atoms with Crippen molar-refractivity contribution in [1.82, 2.24) is 14.8 Å². The highest BCUT2D eigenvalue weighted by Crippen LogP contribution is 2.20. The van der Waals surface area contributed by atoms with E-state index in [4.69, 9.17) is 10.5 Å². The molecule has 0 saturated carbocycles. The molecule has 2 aromatic heterocycles. The number of ether oxygens (including phenoxy) is 1. The van der Waals surface area contributed by atoms with Gasteiger partial charge in [0.2, 0.25) is 5.88 Å². The summed E-state index contributed by atoms with van der Waals surface area (Å²) in [6.07, 6.45) is 5.44. The van der Waals surface area contributed by atoms with Gasteiger partial charge in [0, 0.05) is 25.4 Å². The molecule has 0 saturated heterocycles. The monoisotopic (exact) mass is 246 g/mol. The van der Waals surface area contributed by atoms with E-state index in [1.807, 2.05) is 19.2 Å². The van der Waals surface area contributed by atoms with E-state index >= 15 is 0 Å². The van der Waals surface area contributed by atoms with Crippen LogP contribution in [-0.2, 0) is 20.0 Å². The van der Waals surface area contributed by atoms with E-state index < -0.39 is 0 Å². The van der Waals surface area contributed by atoms with Gasteiger partial charge in [-0.3, -0.25) is 4.68 Å². The molecular weight excluding hydrogens is 228 g/mol. The van der Waals surface area contributed by atoms with Gasteiger partial charge in [-0.2, -0.15) is 5.10 Å². The van der Waals surface area contributed by atoms with Crippen molar-refractivity contribution in [3.05, 3.63) is 35.8 Å². The lowest BCUT2D eigenvalue weighted by Gasteiger charge is -2.07. The van der Waals surface area contributed by atoms with Crippen molar-refractivity contribution in [3.8, 4) is 11.6 Å². The molecule has 0 aliphatic rings. The summed E-state index contributed by atoms with van der Waals surface area (Å²) in [4.78, 5) is 4.46. The zero-order chi connectivity index (χ0) is 13.0. The van der Waals surface area contributed by atoms with Crippen molar-refractivity contribution in [1.29, 1.82) is 0 Å². The molecule has 96 valence electrons. The first-order chi connectivity index (χ1) is 8.71. The predicted octanol–water partition coefficient (Wildman–Crippen LogP) is 2.02. The molecule has 0 aliphatic carbocycles. The fourth-order valence-corrected chi connectivity index (χ4v) is 1.75. The van der Waals surface area contributed by atoms with E-state index in [2.05, 4.69) is 17.0 Å². The summed E-state index contributed by atoms with van der Waals surface area (Å²) in [7, 11) is 1.85. The van der Waals surface area contributed by atoms with Crippen LogP contribution in [0.25, 0.3) is 0 Å². The smallest absolute Gasteiger partial charge is 0.219 e. The molecule has 0 amide bonds. The Kier molecular flexibility index (Phi) is 3.94. The molecule has 18 heavy (non-hydrogen) atoms. The van der Waals surface area contributed by atoms with Crippen molar-refractivity contribution in [3.63, 3.8) is 0 Å². The van der Waals surface area contributed by atoms with Gasteiger partial charge in [0.15, 0.2) is 5.75 Å². The second kappa shape index (κ2) is 5.64. The van der Waals surface area contributed by atoms with Crippen LogP contribution >= 0.6 is 0 Å². The van der Waals surface area contributed by atoms with Crippen LogP contribution in [0.4, 0.5) is 0 Å². The maximum absolute atomic E-state index is 5.68. The van der Waals surface area contributed by atoms with Gasteiger partial charge in [0.25, 0.3) is 0 Å². The van der Waals surface area contributed by atoms with Crippen LogP contribution in [0, 0.1) is 0 Å². The predicted molar refractivity (Wildman–Crippen MR) is 69.4 cm³/mol. The van der Waals surface area contributed by atoms with Crippen molar-refractivity contribution < 1.29 is 4.74 Å². The standard InChI is InChI=1S/C13H18N4O/c1-3-4-11-5-10(7-14)6-13(16-11)18-12-8-15-17(2)9-12/h5-6,8-9H,3-4,7,14H2,1-2H3. The minimum Gasteiger partial charge on any atom is -0.436 e. The van der Waals surface area contributed by atoms with Crippen LogP contribution in [0.15, 0.2) is 24.5 Å². The maximum atomic E-state index is 5.68. The molecule has 2 heterocycles. The number of hydrogen-bond donors (Lipinski definition) is 1. The Morgan fingerprint density at radius 1 is 1.39 bits per heavy atom. The fourth-order valence-electron chi connectivity index (χ4n) is 1.75. The first-order valence-corrected chi connectivity index (χ1v) is 6.07. The second-order valence-corrected chi connectivity index (χ2v) is 4.21. The lowest BCUT2D eigenvalue weighted by molar-refractivity contribution is 0.459. The number of hydrogen-bond acceptors (Lipinski definition) is 4. The van der Waals surface area contributed by atoms with Crippen LogP contribution < -0.4 is 10.5 Å². The second-order valence-electron chi connectivity index (χ2n) is 4.21. The zero-order valence-corrected chi connectivity index (χ0v) is 10.8. The van der Waals surface area contributed by atoms with Crippen LogP contribution in [0.3, 0.4) is 0 Å². The number of aromatic nitrogens is 3. The summed E-state index contributed by atoms with van der Waals surface area (Å²) < 4.78 is 7.37. The molecule has 5 heteroatoms. The van der Waals surface area contributed by atoms with Crippen LogP contribution in [0.5, 0.6) is 11.6 Å². The highest BCUT2D eigenvalue weighted by molar-refractivity contribution is 5.28. The quantitative estimate of drug-likeness (QED) is 0.876. The number of pyridine rings is 1. The van der Waals surface area contributed by atoms with E-state index in [0.717, 1.165) is 24.1 Å². The third-order valence-electron chi connectivity index (χ3n) is 2.56. The van der Waals surface area contributed by atoms with Crippen molar-refractivity contribution in [2.24, 2.45) is 12.8 Å². The molecule has 0 fully saturated rings. The Labute approximate surface area is 107 Å². The molecule has 2 rings (SSSR count). The highest BCUT2D eigenvalue weighted by Gasteiger charge is 2.05. The van der Waals surface area contributed by atoms with Gasteiger partial charge in [0.05, 0.1) is 12.4 Å². The highest BCUT2D eigenvalue weighted by atomic mass is 16.5. The van der Waals surface area contributed by atoms with Crippen LogP contribution in [0.1, 0.15) is 24.6 Å². The van der Waals surface area contributed by atoms with Crippen LogP contribution in [-0.4, -0.2) is 14.8 Å².